The smallest absolute Gasteiger partial charge is 0.408 e. The molecule has 3 rings (SSSR count). The molecule has 0 amide bonds. The van der Waals surface area contributed by atoms with Crippen LogP contribution in [0.2, 0.25) is 5.02 Å². The number of nitrogens with zero attached hydrogens (tertiary/aromatic N) is 1. The molecular weight excluding hydrogens is 384 g/mol. The zero-order valence-corrected chi connectivity index (χ0v) is 15.8. The molecule has 1 N–H and O–H groups in total. The Balaban J connectivity index is 2.07. The Morgan fingerprint density at radius 3 is 2.72 bits per heavy atom. The third-order valence-electron chi connectivity index (χ3n) is 3.65. The van der Waals surface area contributed by atoms with E-state index in [-0.39, 0.29) is 15.5 Å². The lowest BCUT2D eigenvalue weighted by molar-refractivity contribution is 0.512. The van der Waals surface area contributed by atoms with Crippen molar-refractivity contribution in [2.45, 2.75) is 23.3 Å². The van der Waals surface area contributed by atoms with Crippen molar-refractivity contribution >= 4 is 50.2 Å². The van der Waals surface area contributed by atoms with Crippen LogP contribution in [0.5, 0.6) is 0 Å². The Kier molecular flexibility index (Phi) is 4.86. The maximum absolute atomic E-state index is 12.7. The van der Waals surface area contributed by atoms with Crippen LogP contribution in [-0.4, -0.2) is 19.2 Å². The van der Waals surface area contributed by atoms with Crippen LogP contribution in [0.1, 0.15) is 6.92 Å². The van der Waals surface area contributed by atoms with E-state index in [1.165, 1.54) is 28.5 Å². The standard InChI is InChI=1S/C16H15ClN2O4S2/c1-3-19-13-8-12(17)15(9-14(13)23-16(19)20)25(21,22)18-10-5-4-6-11(7-10)24-2/h4-9,18H,3H2,1-2H3. The topological polar surface area (TPSA) is 81.3 Å². The van der Waals surface area contributed by atoms with Gasteiger partial charge in [-0.25, -0.2) is 13.2 Å². The third-order valence-corrected chi connectivity index (χ3v) is 6.22. The molecule has 25 heavy (non-hydrogen) atoms. The first-order valence-corrected chi connectivity index (χ1v) is 10.4. The molecule has 0 aliphatic rings. The number of nitrogens with one attached hydrogen (secondary N) is 1. The second-order valence-electron chi connectivity index (χ2n) is 5.20. The molecule has 0 atom stereocenters. The first-order chi connectivity index (χ1) is 11.9. The van der Waals surface area contributed by atoms with Crippen molar-refractivity contribution in [3.63, 3.8) is 0 Å². The Morgan fingerprint density at radius 2 is 2.04 bits per heavy atom. The number of anilines is 1. The largest absolute Gasteiger partial charge is 0.419 e. The van der Waals surface area contributed by atoms with Crippen LogP contribution < -0.4 is 10.5 Å². The van der Waals surface area contributed by atoms with Crippen LogP contribution in [0.15, 0.2) is 55.4 Å². The number of halogens is 1. The van der Waals surface area contributed by atoms with Crippen molar-refractivity contribution in [3.05, 3.63) is 52.0 Å². The van der Waals surface area contributed by atoms with Gasteiger partial charge in [0.15, 0.2) is 5.58 Å². The minimum absolute atomic E-state index is 0.0176. The molecule has 9 heteroatoms. The minimum atomic E-state index is -3.93. The van der Waals surface area contributed by atoms with Gasteiger partial charge in [0, 0.05) is 23.2 Å². The summed E-state index contributed by atoms with van der Waals surface area (Å²) in [6.45, 7) is 2.18. The fourth-order valence-corrected chi connectivity index (χ4v) is 4.51. The number of hydrogen-bond donors (Lipinski definition) is 1. The average Bonchev–Trinajstić information content (AvgIpc) is 2.88. The maximum Gasteiger partial charge on any atom is 0.419 e. The molecule has 0 aliphatic heterocycles. The number of aromatic nitrogens is 1. The highest BCUT2D eigenvalue weighted by molar-refractivity contribution is 7.98. The lowest BCUT2D eigenvalue weighted by Gasteiger charge is -2.10. The predicted octanol–water partition coefficient (Wildman–Crippen LogP) is 3.79. The number of thioether (sulfide) groups is 1. The summed E-state index contributed by atoms with van der Waals surface area (Å²) < 4.78 is 34.4. The number of benzene rings is 2. The monoisotopic (exact) mass is 398 g/mol. The van der Waals surface area contributed by atoms with E-state index in [0.29, 0.717) is 17.7 Å². The highest BCUT2D eigenvalue weighted by atomic mass is 35.5. The summed E-state index contributed by atoms with van der Waals surface area (Å²) in [5.74, 6) is -0.552. The van der Waals surface area contributed by atoms with E-state index in [4.69, 9.17) is 16.0 Å². The number of hydrogen-bond acceptors (Lipinski definition) is 5. The summed E-state index contributed by atoms with van der Waals surface area (Å²) >= 11 is 7.67. The van der Waals surface area contributed by atoms with Crippen molar-refractivity contribution < 1.29 is 12.8 Å². The van der Waals surface area contributed by atoms with Crippen LogP contribution in [-0.2, 0) is 16.6 Å². The van der Waals surface area contributed by atoms with Crippen molar-refractivity contribution in [2.24, 2.45) is 0 Å². The SMILES string of the molecule is CCn1c(=O)oc2cc(S(=O)(=O)Nc3cccc(SC)c3)c(Cl)cc21. The summed E-state index contributed by atoms with van der Waals surface area (Å²) in [4.78, 5) is 12.6. The van der Waals surface area contributed by atoms with Crippen LogP contribution in [0.3, 0.4) is 0 Å². The molecule has 2 aromatic carbocycles. The Bertz CT molecular complexity index is 1100. The normalized spacial score (nSPS) is 11.8. The summed E-state index contributed by atoms with van der Waals surface area (Å²) in [5, 5.41) is 0.0176. The summed E-state index contributed by atoms with van der Waals surface area (Å²) in [6.07, 6.45) is 1.90. The first kappa shape index (κ1) is 17.9. The summed E-state index contributed by atoms with van der Waals surface area (Å²) in [7, 11) is -3.93. The van der Waals surface area contributed by atoms with E-state index >= 15 is 0 Å². The fraction of sp³-hybridized carbons (Fsp3) is 0.188. The third kappa shape index (κ3) is 3.42. The van der Waals surface area contributed by atoms with Crippen LogP contribution in [0.4, 0.5) is 5.69 Å². The van der Waals surface area contributed by atoms with Gasteiger partial charge >= 0.3 is 5.76 Å². The van der Waals surface area contributed by atoms with E-state index in [0.717, 1.165) is 4.90 Å². The first-order valence-electron chi connectivity index (χ1n) is 7.35. The summed E-state index contributed by atoms with van der Waals surface area (Å²) in [6, 6.07) is 9.71. The summed E-state index contributed by atoms with van der Waals surface area (Å²) in [5.41, 5.74) is 1.06. The lowest BCUT2D eigenvalue weighted by atomic mass is 10.3. The second kappa shape index (κ2) is 6.78. The molecule has 0 bridgehead atoms. The van der Waals surface area contributed by atoms with Gasteiger partial charge in [0.1, 0.15) is 4.90 Å². The van der Waals surface area contributed by atoms with Gasteiger partial charge in [0.2, 0.25) is 0 Å². The molecule has 0 spiro atoms. The van der Waals surface area contributed by atoms with E-state index in [1.807, 2.05) is 12.3 Å². The highest BCUT2D eigenvalue weighted by Gasteiger charge is 2.22. The van der Waals surface area contributed by atoms with Crippen LogP contribution >= 0.6 is 23.4 Å². The number of aryl methyl sites for hydroxylation is 1. The van der Waals surface area contributed by atoms with Gasteiger partial charge in [-0.1, -0.05) is 17.7 Å². The zero-order valence-electron chi connectivity index (χ0n) is 13.4. The van der Waals surface area contributed by atoms with Gasteiger partial charge < -0.3 is 4.42 Å². The second-order valence-corrected chi connectivity index (χ2v) is 8.14. The van der Waals surface area contributed by atoms with Crippen molar-refractivity contribution in [1.29, 1.82) is 0 Å². The Morgan fingerprint density at radius 1 is 1.28 bits per heavy atom. The van der Waals surface area contributed by atoms with Crippen molar-refractivity contribution in [1.82, 2.24) is 4.57 Å². The van der Waals surface area contributed by atoms with Crippen LogP contribution in [0.25, 0.3) is 11.1 Å². The molecule has 0 saturated heterocycles. The Hall–Kier alpha value is -1.90. The van der Waals surface area contributed by atoms with E-state index < -0.39 is 15.8 Å². The Labute approximate surface area is 153 Å². The maximum atomic E-state index is 12.7. The van der Waals surface area contributed by atoms with Gasteiger partial charge in [0.05, 0.1) is 10.5 Å². The number of oxazole rings is 1. The molecule has 1 heterocycles. The average molecular weight is 399 g/mol. The molecule has 6 nitrogen and oxygen atoms in total. The molecule has 0 unspecified atom stereocenters. The molecule has 0 aliphatic carbocycles. The van der Waals surface area contributed by atoms with E-state index in [2.05, 4.69) is 4.72 Å². The quantitative estimate of drug-likeness (QED) is 0.661. The molecule has 1 aromatic heterocycles. The number of fused-ring (bicyclic) bond motifs is 1. The number of rotatable bonds is 5. The lowest BCUT2D eigenvalue weighted by Crippen LogP contribution is -2.14. The van der Waals surface area contributed by atoms with Crippen LogP contribution in [0, 0.1) is 0 Å². The molecule has 132 valence electrons. The molecule has 0 saturated carbocycles. The molecule has 3 aromatic rings. The molecular formula is C16H15ClN2O4S2. The van der Waals surface area contributed by atoms with Gasteiger partial charge in [-0.2, -0.15) is 0 Å². The highest BCUT2D eigenvalue weighted by Crippen LogP contribution is 2.29. The van der Waals surface area contributed by atoms with E-state index in [9.17, 15) is 13.2 Å². The fourth-order valence-electron chi connectivity index (χ4n) is 2.47. The predicted molar refractivity (Wildman–Crippen MR) is 100 cm³/mol. The molecule has 0 radical (unpaired) electrons. The molecule has 0 fully saturated rings. The zero-order chi connectivity index (χ0) is 18.2. The van der Waals surface area contributed by atoms with Gasteiger partial charge in [-0.3, -0.25) is 9.29 Å². The van der Waals surface area contributed by atoms with E-state index in [1.54, 1.807) is 25.1 Å². The minimum Gasteiger partial charge on any atom is -0.408 e. The van der Waals surface area contributed by atoms with Gasteiger partial charge in [0.25, 0.3) is 10.0 Å². The van der Waals surface area contributed by atoms with Crippen molar-refractivity contribution in [2.75, 3.05) is 11.0 Å². The van der Waals surface area contributed by atoms with Gasteiger partial charge in [-0.15, -0.1) is 11.8 Å². The van der Waals surface area contributed by atoms with Crippen molar-refractivity contribution in [3.8, 4) is 0 Å². The van der Waals surface area contributed by atoms with Gasteiger partial charge in [-0.05, 0) is 37.4 Å². The number of sulfonamides is 1.